The van der Waals surface area contributed by atoms with Gasteiger partial charge in [-0.05, 0) is 90.7 Å². The van der Waals surface area contributed by atoms with E-state index in [-0.39, 0.29) is 24.1 Å². The van der Waals surface area contributed by atoms with Crippen molar-refractivity contribution in [2.24, 2.45) is 11.8 Å². The number of benzene rings is 3. The third-order valence-electron chi connectivity index (χ3n) is 8.87. The maximum absolute atomic E-state index is 13.5. The Hall–Kier alpha value is -2.54. The van der Waals surface area contributed by atoms with E-state index in [2.05, 4.69) is 17.0 Å². The zero-order valence-electron chi connectivity index (χ0n) is 22.0. The molecule has 1 heterocycles. The summed E-state index contributed by atoms with van der Waals surface area (Å²) in [6, 6.07) is 16.0. The number of nitrogens with zero attached hydrogens (tertiary/aromatic N) is 1. The minimum atomic E-state index is -4.84. The summed E-state index contributed by atoms with van der Waals surface area (Å²) in [6.45, 7) is 1.79. The van der Waals surface area contributed by atoms with Crippen molar-refractivity contribution >= 4 is 10.8 Å². The molecule has 0 bridgehead atoms. The molecule has 3 aromatic rings. The Kier molecular flexibility index (Phi) is 8.27. The normalized spacial score (nSPS) is 19.4. The Balaban J connectivity index is 1.42. The molecule has 1 saturated heterocycles. The minimum Gasteiger partial charge on any atom is -0.296 e. The first-order chi connectivity index (χ1) is 18.6. The van der Waals surface area contributed by atoms with Crippen molar-refractivity contribution in [1.82, 2.24) is 4.90 Å². The van der Waals surface area contributed by atoms with Crippen LogP contribution in [0.15, 0.2) is 60.7 Å². The van der Waals surface area contributed by atoms with Crippen molar-refractivity contribution in [2.75, 3.05) is 13.1 Å². The summed E-state index contributed by atoms with van der Waals surface area (Å²) in [4.78, 5) is 2.42. The van der Waals surface area contributed by atoms with Crippen molar-refractivity contribution in [1.29, 1.82) is 0 Å². The van der Waals surface area contributed by atoms with E-state index in [0.29, 0.717) is 12.3 Å². The maximum Gasteiger partial charge on any atom is 0.416 e. The minimum absolute atomic E-state index is 0.0690. The van der Waals surface area contributed by atoms with Crippen LogP contribution in [0.2, 0.25) is 0 Å². The first-order valence-corrected chi connectivity index (χ1v) is 14.1. The second-order valence-electron chi connectivity index (χ2n) is 11.3. The fourth-order valence-electron chi connectivity index (χ4n) is 6.85. The lowest BCUT2D eigenvalue weighted by Crippen LogP contribution is -2.39. The van der Waals surface area contributed by atoms with Gasteiger partial charge in [-0.25, -0.2) is 0 Å². The van der Waals surface area contributed by atoms with Crippen molar-refractivity contribution < 1.29 is 26.3 Å². The summed E-state index contributed by atoms with van der Waals surface area (Å²) in [5.74, 6) is 1.48. The predicted molar refractivity (Wildman–Crippen MR) is 142 cm³/mol. The molecule has 0 aromatic heterocycles. The van der Waals surface area contributed by atoms with Gasteiger partial charge >= 0.3 is 12.4 Å². The van der Waals surface area contributed by atoms with E-state index in [9.17, 15) is 26.3 Å². The van der Waals surface area contributed by atoms with Gasteiger partial charge in [0.05, 0.1) is 11.1 Å². The molecular formula is C32H35F6N. The first kappa shape index (κ1) is 28.0. The van der Waals surface area contributed by atoms with Crippen molar-refractivity contribution in [2.45, 2.75) is 76.2 Å². The molecule has 1 saturated carbocycles. The van der Waals surface area contributed by atoms with Gasteiger partial charge in [0.1, 0.15) is 0 Å². The molecule has 7 heteroatoms. The average Bonchev–Trinajstić information content (AvgIpc) is 2.93. The Morgan fingerprint density at radius 1 is 0.692 bits per heavy atom. The van der Waals surface area contributed by atoms with Crippen LogP contribution in [0.25, 0.3) is 10.8 Å². The predicted octanol–water partition coefficient (Wildman–Crippen LogP) is 9.84. The summed E-state index contributed by atoms with van der Waals surface area (Å²) in [6.07, 6.45) is -0.391. The van der Waals surface area contributed by atoms with E-state index in [1.807, 2.05) is 30.3 Å². The zero-order valence-corrected chi connectivity index (χ0v) is 22.0. The smallest absolute Gasteiger partial charge is 0.296 e. The molecule has 0 radical (unpaired) electrons. The molecule has 1 atom stereocenters. The van der Waals surface area contributed by atoms with E-state index in [1.165, 1.54) is 32.1 Å². The lowest BCUT2D eigenvalue weighted by atomic mass is 9.75. The van der Waals surface area contributed by atoms with Gasteiger partial charge in [0.15, 0.2) is 0 Å². The highest BCUT2D eigenvalue weighted by molar-refractivity contribution is 5.86. The highest BCUT2D eigenvalue weighted by atomic mass is 19.4. The topological polar surface area (TPSA) is 3.24 Å². The van der Waals surface area contributed by atoms with Gasteiger partial charge in [-0.2, -0.15) is 26.3 Å². The van der Waals surface area contributed by atoms with E-state index in [0.717, 1.165) is 60.3 Å². The highest BCUT2D eigenvalue weighted by Gasteiger charge is 2.37. The molecule has 1 nitrogen and oxygen atoms in total. The summed E-state index contributed by atoms with van der Waals surface area (Å²) in [5.41, 5.74) is -1.34. The van der Waals surface area contributed by atoms with Crippen LogP contribution >= 0.6 is 0 Å². The van der Waals surface area contributed by atoms with Gasteiger partial charge in [0.2, 0.25) is 0 Å². The molecule has 3 aromatic carbocycles. The van der Waals surface area contributed by atoms with E-state index in [1.54, 1.807) is 0 Å². The average molecular weight is 548 g/mol. The molecule has 1 aliphatic carbocycles. The lowest BCUT2D eigenvalue weighted by molar-refractivity contribution is -0.143. The maximum atomic E-state index is 13.5. The molecule has 2 fully saturated rings. The van der Waals surface area contributed by atoms with Gasteiger partial charge in [0, 0.05) is 6.04 Å². The van der Waals surface area contributed by atoms with Crippen LogP contribution in [0, 0.1) is 11.8 Å². The summed E-state index contributed by atoms with van der Waals surface area (Å²) < 4.78 is 80.9. The van der Waals surface area contributed by atoms with Crippen LogP contribution in [0.3, 0.4) is 0 Å². The number of likely N-dealkylation sites (tertiary alicyclic amines) is 1. The van der Waals surface area contributed by atoms with E-state index < -0.39 is 23.5 Å². The van der Waals surface area contributed by atoms with Crippen molar-refractivity contribution in [3.05, 3.63) is 82.9 Å². The number of hydrogen-bond acceptors (Lipinski definition) is 1. The second kappa shape index (κ2) is 11.5. The Labute approximate surface area is 226 Å². The standard InChI is InChI=1S/C32H35F6N/c33-31(34,35)26-19-22(20-27(21-26)32(36,37)38)13-14-30(29-12-6-10-25-9-4-5-11-28(25)29)39-17-15-24(16-18-39)23-7-2-1-3-8-23/h4-6,9-12,19-21,23-24,30H,1-3,7-8,13-18H2. The van der Waals surface area contributed by atoms with Crippen molar-refractivity contribution in [3.8, 4) is 0 Å². The number of alkyl halides is 6. The number of rotatable bonds is 6. The van der Waals surface area contributed by atoms with Crippen LogP contribution in [0.1, 0.15) is 79.7 Å². The fourth-order valence-corrected chi connectivity index (χ4v) is 6.85. The van der Waals surface area contributed by atoms with Gasteiger partial charge in [-0.3, -0.25) is 4.90 Å². The van der Waals surface area contributed by atoms with Gasteiger partial charge < -0.3 is 0 Å². The monoisotopic (exact) mass is 547 g/mol. The molecule has 2 aliphatic rings. The Morgan fingerprint density at radius 3 is 1.92 bits per heavy atom. The van der Waals surface area contributed by atoms with Crippen molar-refractivity contribution in [3.63, 3.8) is 0 Å². The SMILES string of the molecule is FC(F)(F)c1cc(CCC(c2cccc3ccccc23)N2CCC(C3CCCCC3)CC2)cc(C(F)(F)F)c1. The molecule has 0 N–H and O–H groups in total. The molecular weight excluding hydrogens is 512 g/mol. The van der Waals surface area contributed by atoms with Crippen LogP contribution in [0.4, 0.5) is 26.3 Å². The summed E-state index contributed by atoms with van der Waals surface area (Å²) in [5, 5.41) is 2.16. The summed E-state index contributed by atoms with van der Waals surface area (Å²) >= 11 is 0. The lowest BCUT2D eigenvalue weighted by Gasteiger charge is -2.41. The molecule has 210 valence electrons. The third kappa shape index (κ3) is 6.62. The van der Waals surface area contributed by atoms with E-state index >= 15 is 0 Å². The number of aryl methyl sites for hydroxylation is 1. The Morgan fingerprint density at radius 2 is 1.28 bits per heavy atom. The number of hydrogen-bond donors (Lipinski definition) is 0. The third-order valence-corrected chi connectivity index (χ3v) is 8.87. The number of halogens is 6. The molecule has 1 unspecified atom stereocenters. The van der Waals surface area contributed by atoms with Crippen LogP contribution in [0.5, 0.6) is 0 Å². The van der Waals surface area contributed by atoms with Gasteiger partial charge in [-0.15, -0.1) is 0 Å². The summed E-state index contributed by atoms with van der Waals surface area (Å²) in [7, 11) is 0. The Bertz CT molecular complexity index is 1210. The van der Waals surface area contributed by atoms with Crippen LogP contribution in [-0.2, 0) is 18.8 Å². The highest BCUT2D eigenvalue weighted by Crippen LogP contribution is 2.41. The van der Waals surface area contributed by atoms with Gasteiger partial charge in [0.25, 0.3) is 0 Å². The van der Waals surface area contributed by atoms with E-state index in [4.69, 9.17) is 0 Å². The number of fused-ring (bicyclic) bond motifs is 1. The first-order valence-electron chi connectivity index (χ1n) is 14.1. The molecule has 5 rings (SSSR count). The molecule has 1 aliphatic heterocycles. The van der Waals surface area contributed by atoms with Gasteiger partial charge in [-0.1, -0.05) is 74.6 Å². The quantitative estimate of drug-likeness (QED) is 0.278. The second-order valence-corrected chi connectivity index (χ2v) is 11.3. The fraction of sp³-hybridized carbons (Fsp3) is 0.500. The van der Waals surface area contributed by atoms with Crippen LogP contribution < -0.4 is 0 Å². The largest absolute Gasteiger partial charge is 0.416 e. The molecule has 0 amide bonds. The molecule has 0 spiro atoms. The number of piperidine rings is 1. The van der Waals surface area contributed by atoms with Crippen LogP contribution in [-0.4, -0.2) is 18.0 Å². The zero-order chi connectivity index (χ0) is 27.6. The molecule has 39 heavy (non-hydrogen) atoms.